The molecule has 0 radical (unpaired) electrons. The largest absolute Gasteiger partial charge is 0.496 e. The maximum atomic E-state index is 12.1. The molecule has 1 atom stereocenters. The van der Waals surface area contributed by atoms with Crippen molar-refractivity contribution in [2.24, 2.45) is 5.92 Å². The van der Waals surface area contributed by atoms with Crippen LogP contribution in [-0.2, 0) is 16.0 Å². The van der Waals surface area contributed by atoms with Gasteiger partial charge in [0.15, 0.2) is 5.78 Å². The number of ether oxygens (including phenoxy) is 1. The Morgan fingerprint density at radius 1 is 1.25 bits per heavy atom. The number of piperidine rings is 1. The SMILES string of the molecule is COc1ccc(CC2CCC(=O)NC2=O)c2c(C(C)=O)cccc12. The first-order chi connectivity index (χ1) is 11.5. The van der Waals surface area contributed by atoms with Crippen LogP contribution in [0, 0.1) is 5.92 Å². The zero-order chi connectivity index (χ0) is 17.3. The Balaban J connectivity index is 2.09. The number of ketones is 1. The third-order valence-corrected chi connectivity index (χ3v) is 4.51. The molecule has 0 spiro atoms. The summed E-state index contributed by atoms with van der Waals surface area (Å²) >= 11 is 0. The highest BCUT2D eigenvalue weighted by Gasteiger charge is 2.27. The van der Waals surface area contributed by atoms with Crippen molar-refractivity contribution in [3.8, 4) is 5.75 Å². The number of benzene rings is 2. The Hall–Kier alpha value is -2.69. The summed E-state index contributed by atoms with van der Waals surface area (Å²) in [5, 5.41) is 4.07. The molecule has 0 bridgehead atoms. The van der Waals surface area contributed by atoms with E-state index in [-0.39, 0.29) is 23.5 Å². The number of fused-ring (bicyclic) bond motifs is 1. The first kappa shape index (κ1) is 16.2. The molecular weight excluding hydrogens is 306 g/mol. The van der Waals surface area contributed by atoms with Crippen LogP contribution < -0.4 is 10.1 Å². The number of nitrogens with one attached hydrogen (secondary N) is 1. The summed E-state index contributed by atoms with van der Waals surface area (Å²) in [6, 6.07) is 9.29. The molecule has 2 aromatic rings. The second-order valence-corrected chi connectivity index (χ2v) is 6.06. The molecule has 24 heavy (non-hydrogen) atoms. The number of carbonyl (C=O) groups excluding carboxylic acids is 3. The van der Waals surface area contributed by atoms with E-state index in [4.69, 9.17) is 4.74 Å². The summed E-state index contributed by atoms with van der Waals surface area (Å²) < 4.78 is 5.41. The summed E-state index contributed by atoms with van der Waals surface area (Å²) in [5.74, 6) is -0.0615. The first-order valence-electron chi connectivity index (χ1n) is 7.94. The average Bonchev–Trinajstić information content (AvgIpc) is 2.56. The smallest absolute Gasteiger partial charge is 0.230 e. The van der Waals surface area contributed by atoms with Crippen molar-refractivity contribution in [1.82, 2.24) is 5.32 Å². The lowest BCUT2D eigenvalue weighted by atomic mass is 9.87. The molecule has 2 amide bonds. The number of methoxy groups -OCH3 is 1. The van der Waals surface area contributed by atoms with E-state index in [2.05, 4.69) is 5.32 Å². The van der Waals surface area contributed by atoms with Crippen LogP contribution in [0.1, 0.15) is 35.7 Å². The van der Waals surface area contributed by atoms with Crippen LogP contribution in [0.4, 0.5) is 0 Å². The molecule has 3 rings (SSSR count). The van der Waals surface area contributed by atoms with Gasteiger partial charge in [0.05, 0.1) is 7.11 Å². The minimum absolute atomic E-state index is 0.0293. The van der Waals surface area contributed by atoms with E-state index in [1.54, 1.807) is 13.2 Å². The van der Waals surface area contributed by atoms with Crippen LogP contribution in [-0.4, -0.2) is 24.7 Å². The molecule has 1 fully saturated rings. The second-order valence-electron chi connectivity index (χ2n) is 6.06. The minimum Gasteiger partial charge on any atom is -0.496 e. The van der Waals surface area contributed by atoms with E-state index in [1.165, 1.54) is 6.92 Å². The first-order valence-corrected chi connectivity index (χ1v) is 7.94. The molecule has 0 aliphatic carbocycles. The van der Waals surface area contributed by atoms with Crippen LogP contribution in [0.15, 0.2) is 30.3 Å². The normalized spacial score (nSPS) is 17.7. The molecule has 2 aromatic carbocycles. The van der Waals surface area contributed by atoms with Gasteiger partial charge in [-0.25, -0.2) is 0 Å². The van der Waals surface area contributed by atoms with Gasteiger partial charge in [0.25, 0.3) is 0 Å². The Labute approximate surface area is 140 Å². The molecule has 1 saturated heterocycles. The van der Waals surface area contributed by atoms with E-state index < -0.39 is 0 Å². The van der Waals surface area contributed by atoms with Gasteiger partial charge < -0.3 is 4.74 Å². The van der Waals surface area contributed by atoms with Crippen molar-refractivity contribution >= 4 is 28.4 Å². The molecule has 1 heterocycles. The highest BCUT2D eigenvalue weighted by Crippen LogP contribution is 2.33. The standard InChI is InChI=1S/C19H19NO4/c1-11(21)14-4-3-5-15-16(24-2)8-6-12(18(14)15)10-13-7-9-17(22)20-19(13)23/h3-6,8,13H,7,9-10H2,1-2H3,(H,20,22,23). The van der Waals surface area contributed by atoms with Crippen LogP contribution in [0.3, 0.4) is 0 Å². The maximum Gasteiger partial charge on any atom is 0.230 e. The summed E-state index contributed by atoms with van der Waals surface area (Å²) in [6.45, 7) is 1.53. The van der Waals surface area contributed by atoms with Gasteiger partial charge in [0, 0.05) is 23.3 Å². The third kappa shape index (κ3) is 2.89. The average molecular weight is 325 g/mol. The number of hydrogen-bond acceptors (Lipinski definition) is 4. The molecule has 1 unspecified atom stereocenters. The Morgan fingerprint density at radius 3 is 2.71 bits per heavy atom. The molecule has 0 aromatic heterocycles. The van der Waals surface area contributed by atoms with Crippen LogP contribution >= 0.6 is 0 Å². The lowest BCUT2D eigenvalue weighted by Crippen LogP contribution is -2.41. The van der Waals surface area contributed by atoms with Crippen molar-refractivity contribution < 1.29 is 19.1 Å². The van der Waals surface area contributed by atoms with E-state index in [1.807, 2.05) is 24.3 Å². The van der Waals surface area contributed by atoms with Gasteiger partial charge in [-0.15, -0.1) is 0 Å². The molecule has 5 nitrogen and oxygen atoms in total. The van der Waals surface area contributed by atoms with Gasteiger partial charge in [0.1, 0.15) is 5.75 Å². The molecule has 0 saturated carbocycles. The second kappa shape index (κ2) is 6.43. The quantitative estimate of drug-likeness (QED) is 0.693. The summed E-state index contributed by atoms with van der Waals surface area (Å²) in [5.41, 5.74) is 1.54. The lowest BCUT2D eigenvalue weighted by molar-refractivity contribution is -0.136. The molecule has 5 heteroatoms. The highest BCUT2D eigenvalue weighted by molar-refractivity contribution is 6.10. The van der Waals surface area contributed by atoms with E-state index >= 15 is 0 Å². The van der Waals surface area contributed by atoms with Gasteiger partial charge in [-0.2, -0.15) is 0 Å². The lowest BCUT2D eigenvalue weighted by Gasteiger charge is -2.22. The number of carbonyl (C=O) groups is 3. The molecule has 1 aliphatic rings. The Bertz CT molecular complexity index is 841. The molecule has 1 N–H and O–H groups in total. The number of amides is 2. The van der Waals surface area contributed by atoms with Crippen molar-refractivity contribution in [1.29, 1.82) is 0 Å². The predicted octanol–water partition coefficient (Wildman–Crippen LogP) is 2.65. The van der Waals surface area contributed by atoms with Crippen molar-refractivity contribution in [3.05, 3.63) is 41.5 Å². The fourth-order valence-corrected chi connectivity index (χ4v) is 3.29. The Morgan fingerprint density at radius 2 is 2.04 bits per heavy atom. The fourth-order valence-electron chi connectivity index (χ4n) is 3.29. The van der Waals surface area contributed by atoms with E-state index in [0.717, 1.165) is 16.3 Å². The molecule has 1 aliphatic heterocycles. The molecular formula is C19H19NO4. The van der Waals surface area contributed by atoms with Crippen molar-refractivity contribution in [2.75, 3.05) is 7.11 Å². The zero-order valence-electron chi connectivity index (χ0n) is 13.7. The van der Waals surface area contributed by atoms with Crippen LogP contribution in [0.2, 0.25) is 0 Å². The summed E-state index contributed by atoms with van der Waals surface area (Å²) in [4.78, 5) is 35.4. The van der Waals surface area contributed by atoms with E-state index in [0.29, 0.717) is 30.6 Å². The number of rotatable bonds is 4. The van der Waals surface area contributed by atoms with Crippen LogP contribution in [0.25, 0.3) is 10.8 Å². The summed E-state index contributed by atoms with van der Waals surface area (Å²) in [7, 11) is 1.59. The van der Waals surface area contributed by atoms with Gasteiger partial charge in [-0.3, -0.25) is 19.7 Å². The number of Topliss-reactive ketones (excluding diaryl/α,β-unsaturated/α-hetero) is 1. The fraction of sp³-hybridized carbons (Fsp3) is 0.316. The van der Waals surface area contributed by atoms with Crippen molar-refractivity contribution in [3.63, 3.8) is 0 Å². The van der Waals surface area contributed by atoms with Gasteiger partial charge in [0.2, 0.25) is 11.8 Å². The van der Waals surface area contributed by atoms with Gasteiger partial charge in [-0.1, -0.05) is 24.3 Å². The third-order valence-electron chi connectivity index (χ3n) is 4.51. The Kier molecular flexibility index (Phi) is 4.34. The number of imide groups is 1. The summed E-state index contributed by atoms with van der Waals surface area (Å²) in [6.07, 6.45) is 1.37. The van der Waals surface area contributed by atoms with Gasteiger partial charge in [-0.05, 0) is 36.8 Å². The molecule has 124 valence electrons. The highest BCUT2D eigenvalue weighted by atomic mass is 16.5. The van der Waals surface area contributed by atoms with Crippen LogP contribution in [0.5, 0.6) is 5.75 Å². The minimum atomic E-state index is -0.265. The number of hydrogen-bond donors (Lipinski definition) is 1. The van der Waals surface area contributed by atoms with Crippen molar-refractivity contribution in [2.45, 2.75) is 26.2 Å². The monoisotopic (exact) mass is 325 g/mol. The van der Waals surface area contributed by atoms with Gasteiger partial charge >= 0.3 is 0 Å². The van der Waals surface area contributed by atoms with E-state index in [9.17, 15) is 14.4 Å². The zero-order valence-corrected chi connectivity index (χ0v) is 13.7. The predicted molar refractivity (Wildman–Crippen MR) is 90.1 cm³/mol. The maximum absolute atomic E-state index is 12.1. The topological polar surface area (TPSA) is 72.5 Å².